The van der Waals surface area contributed by atoms with E-state index in [0.29, 0.717) is 12.6 Å². The minimum absolute atomic E-state index is 0.0440. The zero-order valence-corrected chi connectivity index (χ0v) is 14.5. The van der Waals surface area contributed by atoms with Crippen molar-refractivity contribution in [2.24, 2.45) is 5.92 Å². The van der Waals surface area contributed by atoms with Gasteiger partial charge in [0, 0.05) is 19.1 Å². The van der Waals surface area contributed by atoms with E-state index in [1.807, 2.05) is 18.2 Å². The van der Waals surface area contributed by atoms with Crippen molar-refractivity contribution in [1.29, 1.82) is 0 Å². The molecule has 0 aromatic heterocycles. The van der Waals surface area contributed by atoms with Gasteiger partial charge in [0.05, 0.1) is 13.0 Å². The van der Waals surface area contributed by atoms with E-state index in [4.69, 9.17) is 9.47 Å². The maximum Gasteiger partial charge on any atom is 0.311 e. The fraction of sp³-hybridized carbons (Fsp3) is 0.381. The maximum atomic E-state index is 11.6. The highest BCUT2D eigenvalue weighted by Gasteiger charge is 2.39. The number of hydrogen-bond acceptors (Lipinski definition) is 4. The Morgan fingerprint density at radius 2 is 1.88 bits per heavy atom. The Bertz CT molecular complexity index is 753. The average molecular weight is 337 g/mol. The summed E-state index contributed by atoms with van der Waals surface area (Å²) in [5.41, 5.74) is 3.88. The number of rotatable bonds is 5. The number of carbonyl (C=O) groups is 1. The van der Waals surface area contributed by atoms with Crippen molar-refractivity contribution in [1.82, 2.24) is 4.90 Å². The van der Waals surface area contributed by atoms with E-state index in [0.717, 1.165) is 31.7 Å². The van der Waals surface area contributed by atoms with Crippen LogP contribution >= 0.6 is 0 Å². The lowest BCUT2D eigenvalue weighted by Crippen LogP contribution is -2.55. The van der Waals surface area contributed by atoms with Gasteiger partial charge in [-0.15, -0.1) is 0 Å². The third-order valence-electron chi connectivity index (χ3n) is 5.32. The van der Waals surface area contributed by atoms with Crippen LogP contribution < -0.4 is 4.74 Å². The molecule has 4 heteroatoms. The van der Waals surface area contributed by atoms with E-state index in [9.17, 15) is 4.79 Å². The standard InChI is InChI=1S/C21H23NO3/c1-24-21(23)17-12-22(13-17)18-10-16-8-5-9-20(19(16)11-18)25-14-15-6-3-2-4-7-15/h2-9,17-18H,10-14H2,1H3. The Kier molecular flexibility index (Phi) is 4.45. The quantitative estimate of drug-likeness (QED) is 0.787. The molecule has 4 nitrogen and oxygen atoms in total. The summed E-state index contributed by atoms with van der Waals surface area (Å²) in [6.45, 7) is 2.22. The lowest BCUT2D eigenvalue weighted by Gasteiger charge is -2.41. The second kappa shape index (κ2) is 6.89. The fourth-order valence-corrected chi connectivity index (χ4v) is 3.85. The van der Waals surface area contributed by atoms with E-state index in [1.54, 1.807) is 0 Å². The molecule has 25 heavy (non-hydrogen) atoms. The lowest BCUT2D eigenvalue weighted by molar-refractivity contribution is -0.152. The number of nitrogens with zero attached hydrogens (tertiary/aromatic N) is 1. The van der Waals surface area contributed by atoms with Crippen LogP contribution in [0.2, 0.25) is 0 Å². The van der Waals surface area contributed by atoms with Crippen molar-refractivity contribution in [3.8, 4) is 5.75 Å². The van der Waals surface area contributed by atoms with E-state index >= 15 is 0 Å². The number of methoxy groups -OCH3 is 1. The number of hydrogen-bond donors (Lipinski definition) is 0. The molecule has 2 aliphatic rings. The number of carbonyl (C=O) groups excluding carboxylic acids is 1. The van der Waals surface area contributed by atoms with Crippen molar-refractivity contribution < 1.29 is 14.3 Å². The van der Waals surface area contributed by atoms with E-state index in [1.165, 1.54) is 23.8 Å². The molecule has 1 fully saturated rings. The van der Waals surface area contributed by atoms with Crippen LogP contribution in [0.1, 0.15) is 16.7 Å². The fourth-order valence-electron chi connectivity index (χ4n) is 3.85. The molecule has 2 aromatic rings. The Hall–Kier alpha value is -2.33. The second-order valence-electron chi connectivity index (χ2n) is 6.90. The van der Waals surface area contributed by atoms with Crippen LogP contribution in [-0.4, -0.2) is 37.1 Å². The van der Waals surface area contributed by atoms with Crippen molar-refractivity contribution in [3.05, 3.63) is 65.2 Å². The average Bonchev–Trinajstić information content (AvgIpc) is 3.03. The van der Waals surface area contributed by atoms with Gasteiger partial charge < -0.3 is 9.47 Å². The van der Waals surface area contributed by atoms with Crippen molar-refractivity contribution >= 4 is 5.97 Å². The summed E-state index contributed by atoms with van der Waals surface area (Å²) in [7, 11) is 1.47. The predicted molar refractivity (Wildman–Crippen MR) is 95.5 cm³/mol. The summed E-state index contributed by atoms with van der Waals surface area (Å²) >= 11 is 0. The van der Waals surface area contributed by atoms with Gasteiger partial charge in [-0.2, -0.15) is 0 Å². The van der Waals surface area contributed by atoms with Gasteiger partial charge >= 0.3 is 5.97 Å². The van der Waals surface area contributed by atoms with E-state index < -0.39 is 0 Å². The van der Waals surface area contributed by atoms with Crippen LogP contribution in [-0.2, 0) is 29.0 Å². The third kappa shape index (κ3) is 3.27. The first-order valence-electron chi connectivity index (χ1n) is 8.84. The molecule has 0 spiro atoms. The molecule has 1 aliphatic carbocycles. The first-order valence-corrected chi connectivity index (χ1v) is 8.84. The van der Waals surface area contributed by atoms with Crippen molar-refractivity contribution in [2.75, 3.05) is 20.2 Å². The van der Waals surface area contributed by atoms with E-state index in [2.05, 4.69) is 35.2 Å². The van der Waals surface area contributed by atoms with Crippen LogP contribution in [0, 0.1) is 5.92 Å². The Morgan fingerprint density at radius 3 is 2.64 bits per heavy atom. The molecule has 0 saturated carbocycles. The topological polar surface area (TPSA) is 38.8 Å². The van der Waals surface area contributed by atoms with Crippen LogP contribution in [0.3, 0.4) is 0 Å². The largest absolute Gasteiger partial charge is 0.489 e. The summed E-state index contributed by atoms with van der Waals surface area (Å²) in [6, 6.07) is 17.1. The molecular weight excluding hydrogens is 314 g/mol. The van der Waals surface area contributed by atoms with Gasteiger partial charge in [0.25, 0.3) is 0 Å². The predicted octanol–water partition coefficient (Wildman–Crippen LogP) is 2.84. The summed E-state index contributed by atoms with van der Waals surface area (Å²) in [4.78, 5) is 14.0. The van der Waals surface area contributed by atoms with Gasteiger partial charge in [-0.3, -0.25) is 9.69 Å². The molecule has 0 bridgehead atoms. The summed E-state index contributed by atoms with van der Waals surface area (Å²) in [6.07, 6.45) is 2.03. The minimum atomic E-state index is -0.0846. The van der Waals surface area contributed by atoms with Gasteiger partial charge in [-0.05, 0) is 35.6 Å². The molecule has 1 atom stereocenters. The van der Waals surface area contributed by atoms with Gasteiger partial charge in [0.1, 0.15) is 12.4 Å². The van der Waals surface area contributed by atoms with E-state index in [-0.39, 0.29) is 11.9 Å². The van der Waals surface area contributed by atoms with Crippen molar-refractivity contribution in [2.45, 2.75) is 25.5 Å². The number of benzene rings is 2. The number of fused-ring (bicyclic) bond motifs is 1. The third-order valence-corrected chi connectivity index (χ3v) is 5.32. The smallest absolute Gasteiger partial charge is 0.311 e. The van der Waals surface area contributed by atoms with Gasteiger partial charge in [-0.25, -0.2) is 0 Å². The molecule has 4 rings (SSSR count). The van der Waals surface area contributed by atoms with Crippen LogP contribution in [0.15, 0.2) is 48.5 Å². The van der Waals surface area contributed by atoms with Crippen molar-refractivity contribution in [3.63, 3.8) is 0 Å². The molecule has 1 unspecified atom stereocenters. The molecule has 130 valence electrons. The summed E-state index contributed by atoms with van der Waals surface area (Å²) in [5, 5.41) is 0. The minimum Gasteiger partial charge on any atom is -0.489 e. The monoisotopic (exact) mass is 337 g/mol. The summed E-state index contributed by atoms with van der Waals surface area (Å²) < 4.78 is 10.9. The zero-order chi connectivity index (χ0) is 17.2. The lowest BCUT2D eigenvalue weighted by atomic mass is 9.96. The first kappa shape index (κ1) is 16.2. The second-order valence-corrected chi connectivity index (χ2v) is 6.90. The summed E-state index contributed by atoms with van der Waals surface area (Å²) in [5.74, 6) is 0.954. The number of likely N-dealkylation sites (tertiary alicyclic amines) is 1. The molecule has 1 saturated heterocycles. The van der Waals surface area contributed by atoms with Gasteiger partial charge in [-0.1, -0.05) is 42.5 Å². The Morgan fingerprint density at radius 1 is 1.08 bits per heavy atom. The normalized spacial score (nSPS) is 20.0. The molecule has 2 aromatic carbocycles. The highest BCUT2D eigenvalue weighted by Crippen LogP contribution is 2.35. The van der Waals surface area contributed by atoms with Gasteiger partial charge in [0.2, 0.25) is 0 Å². The van der Waals surface area contributed by atoms with Crippen LogP contribution in [0.25, 0.3) is 0 Å². The van der Waals surface area contributed by atoms with Crippen LogP contribution in [0.5, 0.6) is 5.75 Å². The zero-order valence-electron chi connectivity index (χ0n) is 14.5. The number of ether oxygens (including phenoxy) is 2. The molecule has 0 amide bonds. The highest BCUT2D eigenvalue weighted by atomic mass is 16.5. The number of esters is 1. The molecule has 1 aliphatic heterocycles. The van der Waals surface area contributed by atoms with Crippen LogP contribution in [0.4, 0.5) is 0 Å². The molecular formula is C21H23NO3. The molecule has 0 radical (unpaired) electrons. The highest BCUT2D eigenvalue weighted by molar-refractivity contribution is 5.73. The maximum absolute atomic E-state index is 11.6. The Balaban J connectivity index is 1.39. The van der Waals surface area contributed by atoms with Gasteiger partial charge in [0.15, 0.2) is 0 Å². The Labute approximate surface area is 148 Å². The molecule has 1 heterocycles. The first-order chi connectivity index (χ1) is 12.2. The SMILES string of the molecule is COC(=O)C1CN(C2Cc3cccc(OCc4ccccc4)c3C2)C1. The molecule has 0 N–H and O–H groups in total.